The summed E-state index contributed by atoms with van der Waals surface area (Å²) in [5.41, 5.74) is 6.24. The van der Waals surface area contributed by atoms with Crippen molar-refractivity contribution < 1.29 is 0 Å². The molecular weight excluding hydrogens is 202 g/mol. The van der Waals surface area contributed by atoms with Gasteiger partial charge in [-0.25, -0.2) is 9.67 Å². The van der Waals surface area contributed by atoms with E-state index in [1.807, 2.05) is 6.92 Å². The number of nitrogen functional groups attached to an aromatic ring is 1. The average molecular weight is 210 g/mol. The van der Waals surface area contributed by atoms with Gasteiger partial charge in [-0.1, -0.05) is 11.6 Å². The molecule has 0 aliphatic carbocycles. The Morgan fingerprint density at radius 3 is 2.79 bits per heavy atom. The Labute approximate surface area is 85.5 Å². The Hall–Kier alpha value is -1.62. The van der Waals surface area contributed by atoms with Gasteiger partial charge in [0.15, 0.2) is 5.82 Å². The van der Waals surface area contributed by atoms with E-state index >= 15 is 0 Å². The van der Waals surface area contributed by atoms with E-state index in [0.29, 0.717) is 16.7 Å². The van der Waals surface area contributed by atoms with Gasteiger partial charge in [-0.05, 0) is 6.92 Å². The molecule has 0 atom stereocenters. The normalized spacial score (nSPS) is 10.4. The minimum absolute atomic E-state index is 0.353. The van der Waals surface area contributed by atoms with Crippen molar-refractivity contribution in [3.05, 3.63) is 29.3 Å². The largest absolute Gasteiger partial charge is 0.382 e. The molecule has 2 N–H and O–H groups in total. The van der Waals surface area contributed by atoms with Gasteiger partial charge in [-0.15, -0.1) is 0 Å². The summed E-state index contributed by atoms with van der Waals surface area (Å²) in [5.74, 6) is 0.909. The van der Waals surface area contributed by atoms with Crippen molar-refractivity contribution in [1.82, 2.24) is 19.7 Å². The van der Waals surface area contributed by atoms with Gasteiger partial charge >= 0.3 is 0 Å². The second-order valence-corrected chi connectivity index (χ2v) is 3.22. The Kier molecular flexibility index (Phi) is 2.09. The molecule has 72 valence electrons. The van der Waals surface area contributed by atoms with Crippen LogP contribution in [0.4, 0.5) is 5.82 Å². The highest BCUT2D eigenvalue weighted by Gasteiger charge is 2.04. The minimum atomic E-state index is 0.353. The highest BCUT2D eigenvalue weighted by molar-refractivity contribution is 6.31. The first-order valence-electron chi connectivity index (χ1n) is 3.96. The number of aryl methyl sites for hydroxylation is 1. The summed E-state index contributed by atoms with van der Waals surface area (Å²) in [4.78, 5) is 7.96. The zero-order valence-electron chi connectivity index (χ0n) is 7.48. The van der Waals surface area contributed by atoms with E-state index in [-0.39, 0.29) is 0 Å². The van der Waals surface area contributed by atoms with Gasteiger partial charge < -0.3 is 5.73 Å². The number of halogens is 1. The Morgan fingerprint density at radius 1 is 1.43 bits per heavy atom. The molecule has 0 amide bonds. The molecule has 0 fully saturated rings. The number of rotatable bonds is 1. The van der Waals surface area contributed by atoms with Crippen molar-refractivity contribution in [3.8, 4) is 5.82 Å². The molecular formula is C8H8ClN5. The molecule has 5 nitrogen and oxygen atoms in total. The maximum absolute atomic E-state index is 5.86. The SMILES string of the molecule is Cc1nn(-c2cncc(N)n2)cc1Cl. The Balaban J connectivity index is 2.49. The lowest BCUT2D eigenvalue weighted by molar-refractivity contribution is 0.826. The van der Waals surface area contributed by atoms with Gasteiger partial charge in [0.1, 0.15) is 5.82 Å². The second kappa shape index (κ2) is 3.26. The van der Waals surface area contributed by atoms with Crippen LogP contribution in [0.25, 0.3) is 5.82 Å². The van der Waals surface area contributed by atoms with Crippen molar-refractivity contribution in [2.45, 2.75) is 6.92 Å². The Morgan fingerprint density at radius 2 is 2.21 bits per heavy atom. The van der Waals surface area contributed by atoms with E-state index < -0.39 is 0 Å². The first kappa shape index (κ1) is 8.96. The molecule has 0 aliphatic heterocycles. The molecule has 0 saturated carbocycles. The zero-order chi connectivity index (χ0) is 10.1. The molecule has 0 saturated heterocycles. The number of nitrogens with zero attached hydrogens (tertiary/aromatic N) is 4. The minimum Gasteiger partial charge on any atom is -0.382 e. The van der Waals surface area contributed by atoms with Crippen molar-refractivity contribution in [1.29, 1.82) is 0 Å². The predicted octanol–water partition coefficient (Wildman–Crippen LogP) is 1.21. The summed E-state index contributed by atoms with van der Waals surface area (Å²) >= 11 is 5.86. The van der Waals surface area contributed by atoms with E-state index in [1.165, 1.54) is 6.20 Å². The maximum Gasteiger partial charge on any atom is 0.174 e. The number of hydrogen-bond acceptors (Lipinski definition) is 4. The summed E-state index contributed by atoms with van der Waals surface area (Å²) < 4.78 is 1.54. The summed E-state index contributed by atoms with van der Waals surface area (Å²) in [6.45, 7) is 1.82. The van der Waals surface area contributed by atoms with Crippen LogP contribution in [-0.2, 0) is 0 Å². The fourth-order valence-corrected chi connectivity index (χ4v) is 1.17. The van der Waals surface area contributed by atoms with Crippen LogP contribution in [-0.4, -0.2) is 19.7 Å². The van der Waals surface area contributed by atoms with Crippen LogP contribution in [0.15, 0.2) is 18.6 Å². The highest BCUT2D eigenvalue weighted by Crippen LogP contribution is 2.14. The Bertz CT molecular complexity index is 445. The van der Waals surface area contributed by atoms with Crippen molar-refractivity contribution >= 4 is 17.4 Å². The summed E-state index contributed by atoms with van der Waals surface area (Å²) in [6, 6.07) is 0. The third-order valence-electron chi connectivity index (χ3n) is 1.71. The number of hydrogen-bond donors (Lipinski definition) is 1. The van der Waals surface area contributed by atoms with Gasteiger partial charge in [0.2, 0.25) is 0 Å². The van der Waals surface area contributed by atoms with E-state index in [9.17, 15) is 0 Å². The third kappa shape index (κ3) is 1.54. The lowest BCUT2D eigenvalue weighted by Crippen LogP contribution is -2.01. The molecule has 0 unspecified atom stereocenters. The van der Waals surface area contributed by atoms with Gasteiger partial charge in [0, 0.05) is 0 Å². The van der Waals surface area contributed by atoms with Crippen LogP contribution >= 0.6 is 11.6 Å². The van der Waals surface area contributed by atoms with Crippen LogP contribution in [0.1, 0.15) is 5.69 Å². The van der Waals surface area contributed by atoms with Crippen LogP contribution < -0.4 is 5.73 Å². The molecule has 14 heavy (non-hydrogen) atoms. The molecule has 6 heteroatoms. The van der Waals surface area contributed by atoms with Gasteiger partial charge in [0.25, 0.3) is 0 Å². The van der Waals surface area contributed by atoms with Crippen molar-refractivity contribution in [3.63, 3.8) is 0 Å². The van der Waals surface area contributed by atoms with Crippen LogP contribution in [0.5, 0.6) is 0 Å². The smallest absolute Gasteiger partial charge is 0.174 e. The van der Waals surface area contributed by atoms with E-state index in [4.69, 9.17) is 17.3 Å². The summed E-state index contributed by atoms with van der Waals surface area (Å²) in [5, 5.41) is 4.74. The third-order valence-corrected chi connectivity index (χ3v) is 2.09. The predicted molar refractivity (Wildman–Crippen MR) is 53.3 cm³/mol. The first-order valence-corrected chi connectivity index (χ1v) is 4.34. The van der Waals surface area contributed by atoms with Gasteiger partial charge in [-0.2, -0.15) is 5.10 Å². The van der Waals surface area contributed by atoms with Gasteiger partial charge in [0.05, 0.1) is 29.3 Å². The number of aromatic nitrogens is 4. The number of anilines is 1. The molecule has 0 spiro atoms. The molecule has 2 aromatic rings. The van der Waals surface area contributed by atoms with Gasteiger partial charge in [-0.3, -0.25) is 4.98 Å². The van der Waals surface area contributed by atoms with Crippen molar-refractivity contribution in [2.24, 2.45) is 0 Å². The fourth-order valence-electron chi connectivity index (χ4n) is 1.04. The standard InChI is InChI=1S/C8H8ClN5/c1-5-6(9)4-14(13-5)8-3-11-2-7(10)12-8/h2-4H,1H3,(H2,10,12). The molecule has 2 heterocycles. The lowest BCUT2D eigenvalue weighted by atomic mass is 10.5. The quantitative estimate of drug-likeness (QED) is 0.767. The first-order chi connectivity index (χ1) is 6.66. The second-order valence-electron chi connectivity index (χ2n) is 2.81. The number of nitrogens with two attached hydrogens (primary N) is 1. The summed E-state index contributed by atoms with van der Waals surface area (Å²) in [7, 11) is 0. The molecule has 0 aliphatic rings. The van der Waals surface area contributed by atoms with E-state index in [0.717, 1.165) is 5.69 Å². The van der Waals surface area contributed by atoms with Crippen LogP contribution in [0.2, 0.25) is 5.02 Å². The van der Waals surface area contributed by atoms with Crippen molar-refractivity contribution in [2.75, 3.05) is 5.73 Å². The van der Waals surface area contributed by atoms with Crippen LogP contribution in [0.3, 0.4) is 0 Å². The maximum atomic E-state index is 5.86. The molecule has 2 aromatic heterocycles. The molecule has 2 rings (SSSR count). The average Bonchev–Trinajstić information content (AvgIpc) is 2.47. The highest BCUT2D eigenvalue weighted by atomic mass is 35.5. The molecule has 0 aromatic carbocycles. The monoisotopic (exact) mass is 209 g/mol. The van der Waals surface area contributed by atoms with Crippen LogP contribution in [0, 0.1) is 6.92 Å². The molecule has 0 bridgehead atoms. The lowest BCUT2D eigenvalue weighted by Gasteiger charge is -1.99. The summed E-state index contributed by atoms with van der Waals surface area (Å²) in [6.07, 6.45) is 4.71. The fraction of sp³-hybridized carbons (Fsp3) is 0.125. The molecule has 0 radical (unpaired) electrons. The zero-order valence-corrected chi connectivity index (χ0v) is 8.23. The van der Waals surface area contributed by atoms with E-state index in [1.54, 1.807) is 17.1 Å². The topological polar surface area (TPSA) is 69.6 Å². The van der Waals surface area contributed by atoms with E-state index in [2.05, 4.69) is 15.1 Å².